The Hall–Kier alpha value is -1.77. The van der Waals surface area contributed by atoms with E-state index in [9.17, 15) is 4.79 Å². The maximum Gasteiger partial charge on any atom is 0.176 e. The van der Waals surface area contributed by atoms with Crippen LogP contribution in [0.15, 0.2) is 22.6 Å². The van der Waals surface area contributed by atoms with Gasteiger partial charge in [-0.2, -0.15) is 0 Å². The SMILES string of the molecule is COc1ccc(C=O)c2cc(CC(C)C)oc12. The highest BCUT2D eigenvalue weighted by molar-refractivity contribution is 5.98. The molecular weight excluding hydrogens is 216 g/mol. The molecule has 2 rings (SSSR count). The second-order valence-electron chi connectivity index (χ2n) is 4.53. The number of fused-ring (bicyclic) bond motifs is 1. The van der Waals surface area contributed by atoms with Crippen molar-refractivity contribution in [2.75, 3.05) is 7.11 Å². The fourth-order valence-corrected chi connectivity index (χ4v) is 1.94. The average Bonchev–Trinajstić information content (AvgIpc) is 2.69. The van der Waals surface area contributed by atoms with E-state index in [0.29, 0.717) is 22.8 Å². The number of carbonyl (C=O) groups excluding carboxylic acids is 1. The third-order valence-electron chi connectivity index (χ3n) is 2.69. The summed E-state index contributed by atoms with van der Waals surface area (Å²) in [5, 5.41) is 0.829. The lowest BCUT2D eigenvalue weighted by Gasteiger charge is -2.01. The van der Waals surface area contributed by atoms with Crippen molar-refractivity contribution in [3.05, 3.63) is 29.5 Å². The van der Waals surface area contributed by atoms with E-state index >= 15 is 0 Å². The Morgan fingerprint density at radius 3 is 2.76 bits per heavy atom. The smallest absolute Gasteiger partial charge is 0.176 e. The van der Waals surface area contributed by atoms with Crippen LogP contribution in [0, 0.1) is 5.92 Å². The van der Waals surface area contributed by atoms with Gasteiger partial charge in [-0.05, 0) is 24.1 Å². The number of hydrogen-bond donors (Lipinski definition) is 0. The monoisotopic (exact) mass is 232 g/mol. The van der Waals surface area contributed by atoms with Gasteiger partial charge in [0, 0.05) is 17.4 Å². The second-order valence-corrected chi connectivity index (χ2v) is 4.53. The molecule has 3 heteroatoms. The molecule has 0 saturated heterocycles. The van der Waals surface area contributed by atoms with Gasteiger partial charge in [-0.1, -0.05) is 13.8 Å². The largest absolute Gasteiger partial charge is 0.493 e. The van der Waals surface area contributed by atoms with Gasteiger partial charge in [-0.3, -0.25) is 4.79 Å². The van der Waals surface area contributed by atoms with Gasteiger partial charge in [0.2, 0.25) is 0 Å². The van der Waals surface area contributed by atoms with Crippen LogP contribution in [0.4, 0.5) is 0 Å². The fraction of sp³-hybridized carbons (Fsp3) is 0.357. The molecule has 1 heterocycles. The molecule has 0 fully saturated rings. The van der Waals surface area contributed by atoms with Crippen molar-refractivity contribution in [1.82, 2.24) is 0 Å². The molecule has 17 heavy (non-hydrogen) atoms. The first-order valence-electron chi connectivity index (χ1n) is 5.70. The fourth-order valence-electron chi connectivity index (χ4n) is 1.94. The van der Waals surface area contributed by atoms with E-state index in [1.807, 2.05) is 6.07 Å². The highest BCUT2D eigenvalue weighted by Gasteiger charge is 2.13. The second kappa shape index (κ2) is 4.62. The topological polar surface area (TPSA) is 39.4 Å². The standard InChI is InChI=1S/C14H16O3/c1-9(2)6-11-7-12-10(8-15)4-5-13(16-3)14(12)17-11/h4-5,7-9H,6H2,1-3H3. The van der Waals surface area contributed by atoms with Crippen LogP contribution in [-0.4, -0.2) is 13.4 Å². The van der Waals surface area contributed by atoms with E-state index < -0.39 is 0 Å². The summed E-state index contributed by atoms with van der Waals surface area (Å²) in [6.07, 6.45) is 1.70. The van der Waals surface area contributed by atoms with Crippen molar-refractivity contribution in [3.63, 3.8) is 0 Å². The van der Waals surface area contributed by atoms with Gasteiger partial charge in [-0.25, -0.2) is 0 Å². The summed E-state index contributed by atoms with van der Waals surface area (Å²) in [6, 6.07) is 5.44. The number of rotatable bonds is 4. The van der Waals surface area contributed by atoms with Gasteiger partial charge in [0.15, 0.2) is 17.6 Å². The van der Waals surface area contributed by atoms with Crippen LogP contribution in [0.1, 0.15) is 30.0 Å². The number of furan rings is 1. The molecule has 0 aliphatic rings. The van der Waals surface area contributed by atoms with Crippen LogP contribution in [0.3, 0.4) is 0 Å². The van der Waals surface area contributed by atoms with Crippen LogP contribution in [0.25, 0.3) is 11.0 Å². The minimum absolute atomic E-state index is 0.515. The normalized spacial score (nSPS) is 11.1. The Balaban J connectivity index is 2.59. The van der Waals surface area contributed by atoms with Crippen molar-refractivity contribution in [2.24, 2.45) is 5.92 Å². The van der Waals surface area contributed by atoms with Crippen LogP contribution in [0.5, 0.6) is 5.75 Å². The number of carbonyl (C=O) groups is 1. The highest BCUT2D eigenvalue weighted by atomic mass is 16.5. The Kier molecular flexibility index (Phi) is 3.18. The molecule has 90 valence electrons. The van der Waals surface area contributed by atoms with Crippen LogP contribution in [-0.2, 0) is 6.42 Å². The van der Waals surface area contributed by atoms with Crippen molar-refractivity contribution in [1.29, 1.82) is 0 Å². The first-order valence-corrected chi connectivity index (χ1v) is 5.70. The molecule has 3 nitrogen and oxygen atoms in total. The van der Waals surface area contributed by atoms with Crippen molar-refractivity contribution in [2.45, 2.75) is 20.3 Å². The minimum Gasteiger partial charge on any atom is -0.493 e. The van der Waals surface area contributed by atoms with Gasteiger partial charge >= 0.3 is 0 Å². The summed E-state index contributed by atoms with van der Waals surface area (Å²) in [4.78, 5) is 11.0. The Morgan fingerprint density at radius 2 is 2.18 bits per heavy atom. The lowest BCUT2D eigenvalue weighted by Crippen LogP contribution is -1.90. The number of hydrogen-bond acceptors (Lipinski definition) is 3. The first kappa shape index (κ1) is 11.7. The van der Waals surface area contributed by atoms with Crippen molar-refractivity contribution in [3.8, 4) is 5.75 Å². The van der Waals surface area contributed by atoms with E-state index in [0.717, 1.165) is 23.9 Å². The molecule has 0 amide bonds. The molecule has 1 aromatic carbocycles. The molecule has 0 aliphatic heterocycles. The molecule has 0 N–H and O–H groups in total. The zero-order valence-electron chi connectivity index (χ0n) is 10.3. The third kappa shape index (κ3) is 2.18. The molecule has 2 aromatic rings. The molecular formula is C14H16O3. The number of methoxy groups -OCH3 is 1. The Morgan fingerprint density at radius 1 is 1.41 bits per heavy atom. The summed E-state index contributed by atoms with van der Waals surface area (Å²) in [7, 11) is 1.60. The van der Waals surface area contributed by atoms with Crippen molar-refractivity contribution >= 4 is 17.3 Å². The third-order valence-corrected chi connectivity index (χ3v) is 2.69. The minimum atomic E-state index is 0.515. The van der Waals surface area contributed by atoms with Gasteiger partial charge in [-0.15, -0.1) is 0 Å². The number of benzene rings is 1. The van der Waals surface area contributed by atoms with Gasteiger partial charge in [0.1, 0.15) is 5.76 Å². The number of ether oxygens (including phenoxy) is 1. The van der Waals surface area contributed by atoms with Gasteiger partial charge in [0.05, 0.1) is 7.11 Å². The molecule has 0 atom stereocenters. The molecule has 0 unspecified atom stereocenters. The Labute approximate surface area is 100 Å². The van der Waals surface area contributed by atoms with E-state index in [1.54, 1.807) is 19.2 Å². The molecule has 0 spiro atoms. The maximum atomic E-state index is 11.0. The van der Waals surface area contributed by atoms with Gasteiger partial charge < -0.3 is 9.15 Å². The quantitative estimate of drug-likeness (QED) is 0.758. The first-order chi connectivity index (χ1) is 8.15. The molecule has 0 saturated carbocycles. The molecule has 0 aliphatic carbocycles. The Bertz CT molecular complexity index is 538. The summed E-state index contributed by atoms with van der Waals surface area (Å²) in [6.45, 7) is 4.26. The van der Waals surface area contributed by atoms with E-state index in [-0.39, 0.29) is 0 Å². The number of aldehydes is 1. The summed E-state index contributed by atoms with van der Waals surface area (Å²) < 4.78 is 11.0. The van der Waals surface area contributed by atoms with Gasteiger partial charge in [0.25, 0.3) is 0 Å². The highest BCUT2D eigenvalue weighted by Crippen LogP contribution is 2.31. The average molecular weight is 232 g/mol. The van der Waals surface area contributed by atoms with Crippen LogP contribution in [0.2, 0.25) is 0 Å². The summed E-state index contributed by atoms with van der Waals surface area (Å²) in [5.74, 6) is 2.07. The predicted molar refractivity (Wildman–Crippen MR) is 66.7 cm³/mol. The summed E-state index contributed by atoms with van der Waals surface area (Å²) in [5.41, 5.74) is 1.30. The lowest BCUT2D eigenvalue weighted by atomic mass is 10.1. The van der Waals surface area contributed by atoms with Crippen LogP contribution < -0.4 is 4.74 Å². The predicted octanol–water partition coefficient (Wildman–Crippen LogP) is 3.45. The van der Waals surface area contributed by atoms with Crippen molar-refractivity contribution < 1.29 is 13.9 Å². The van der Waals surface area contributed by atoms with Crippen LogP contribution >= 0.6 is 0 Å². The van der Waals surface area contributed by atoms with E-state index in [1.165, 1.54) is 0 Å². The molecule has 0 radical (unpaired) electrons. The zero-order chi connectivity index (χ0) is 12.4. The maximum absolute atomic E-state index is 11.0. The zero-order valence-corrected chi connectivity index (χ0v) is 10.3. The lowest BCUT2D eigenvalue weighted by molar-refractivity contribution is 0.112. The molecule has 0 bridgehead atoms. The van der Waals surface area contributed by atoms with E-state index in [2.05, 4.69) is 13.8 Å². The summed E-state index contributed by atoms with van der Waals surface area (Å²) >= 11 is 0. The molecule has 1 aromatic heterocycles. The van der Waals surface area contributed by atoms with E-state index in [4.69, 9.17) is 9.15 Å².